The van der Waals surface area contributed by atoms with Crippen LogP contribution in [0.3, 0.4) is 0 Å². The second kappa shape index (κ2) is 8.94. The quantitative estimate of drug-likeness (QED) is 0.697. The second-order valence-electron chi connectivity index (χ2n) is 8.62. The summed E-state index contributed by atoms with van der Waals surface area (Å²) in [6.07, 6.45) is 4.14. The topological polar surface area (TPSA) is 96.3 Å². The van der Waals surface area contributed by atoms with Gasteiger partial charge in [-0.1, -0.05) is 42.6 Å². The molecule has 0 radical (unpaired) electrons. The molecule has 0 saturated heterocycles. The summed E-state index contributed by atoms with van der Waals surface area (Å²) in [7, 11) is 0. The Labute approximate surface area is 192 Å². The summed E-state index contributed by atoms with van der Waals surface area (Å²) in [5.74, 6) is -0.884. The third-order valence-corrected chi connectivity index (χ3v) is 6.79. The Kier molecular flexibility index (Phi) is 6.24. The van der Waals surface area contributed by atoms with E-state index in [1.54, 1.807) is 17.9 Å². The standard InChI is InChI=1S/C23H28ClN5O3/c1-3-28-21(31)19-12-18(20(30)25-13-15-8-4-7-11-17(15)24)27-29(19)14-23(28,2)22(32)26-16-9-5-6-10-16/h4,7-8,11-12,16H,3,5-6,9-10,13-14H2,1-2H3,(H,25,30)(H,26,32)/t23-/m1/s1. The molecule has 9 heteroatoms. The van der Waals surface area contributed by atoms with Gasteiger partial charge in [0.1, 0.15) is 11.2 Å². The summed E-state index contributed by atoms with van der Waals surface area (Å²) < 4.78 is 1.48. The molecule has 1 atom stereocenters. The molecule has 170 valence electrons. The molecule has 1 fully saturated rings. The fourth-order valence-electron chi connectivity index (χ4n) is 4.57. The minimum absolute atomic E-state index is 0.136. The number of hydrogen-bond donors (Lipinski definition) is 2. The Hall–Kier alpha value is -2.87. The van der Waals surface area contributed by atoms with Crippen LogP contribution in [-0.4, -0.2) is 50.5 Å². The molecular weight excluding hydrogens is 430 g/mol. The highest BCUT2D eigenvalue weighted by molar-refractivity contribution is 6.31. The number of amides is 3. The van der Waals surface area contributed by atoms with Crippen LogP contribution in [0.4, 0.5) is 0 Å². The number of carbonyl (C=O) groups excluding carboxylic acids is 3. The SMILES string of the molecule is CCN1C(=O)c2cc(C(=O)NCc3ccccc3Cl)nn2C[C@]1(C)C(=O)NC1CCCC1. The van der Waals surface area contributed by atoms with Gasteiger partial charge in [0.05, 0.1) is 6.54 Å². The van der Waals surface area contributed by atoms with E-state index >= 15 is 0 Å². The Balaban J connectivity index is 1.53. The minimum Gasteiger partial charge on any atom is -0.351 e. The number of halogens is 1. The summed E-state index contributed by atoms with van der Waals surface area (Å²) in [4.78, 5) is 40.7. The number of aromatic nitrogens is 2. The van der Waals surface area contributed by atoms with Crippen molar-refractivity contribution in [1.29, 1.82) is 0 Å². The Bertz CT molecular complexity index is 1050. The molecule has 2 heterocycles. The van der Waals surface area contributed by atoms with E-state index in [0.29, 0.717) is 17.3 Å². The number of hydrogen-bond acceptors (Lipinski definition) is 4. The first-order valence-electron chi connectivity index (χ1n) is 11.1. The molecule has 1 saturated carbocycles. The summed E-state index contributed by atoms with van der Waals surface area (Å²) >= 11 is 6.15. The first kappa shape index (κ1) is 22.3. The highest BCUT2D eigenvalue weighted by Crippen LogP contribution is 2.28. The number of nitrogens with one attached hydrogen (secondary N) is 2. The molecule has 8 nitrogen and oxygen atoms in total. The summed E-state index contributed by atoms with van der Waals surface area (Å²) in [6.45, 7) is 4.44. The molecule has 1 aliphatic heterocycles. The molecule has 2 aromatic rings. The van der Waals surface area contributed by atoms with E-state index in [9.17, 15) is 14.4 Å². The smallest absolute Gasteiger partial charge is 0.273 e. The van der Waals surface area contributed by atoms with Crippen molar-refractivity contribution in [3.8, 4) is 0 Å². The molecule has 2 aliphatic rings. The van der Waals surface area contributed by atoms with Crippen LogP contribution in [0.2, 0.25) is 5.02 Å². The van der Waals surface area contributed by atoms with Gasteiger partial charge in [-0.05, 0) is 38.3 Å². The molecular formula is C23H28ClN5O3. The molecule has 3 amide bonds. The normalized spacial score (nSPS) is 20.8. The van der Waals surface area contributed by atoms with Gasteiger partial charge in [-0.25, -0.2) is 0 Å². The van der Waals surface area contributed by atoms with Crippen LogP contribution in [0.25, 0.3) is 0 Å². The minimum atomic E-state index is -1.07. The number of rotatable bonds is 6. The van der Waals surface area contributed by atoms with Crippen LogP contribution in [0.1, 0.15) is 66.1 Å². The highest BCUT2D eigenvalue weighted by Gasteiger charge is 2.48. The van der Waals surface area contributed by atoms with Gasteiger partial charge in [0.15, 0.2) is 5.69 Å². The van der Waals surface area contributed by atoms with Gasteiger partial charge in [-0.3, -0.25) is 19.1 Å². The lowest BCUT2D eigenvalue weighted by molar-refractivity contribution is -0.133. The predicted octanol–water partition coefficient (Wildman–Crippen LogP) is 2.76. The molecule has 0 bridgehead atoms. The van der Waals surface area contributed by atoms with Gasteiger partial charge < -0.3 is 15.5 Å². The monoisotopic (exact) mass is 457 g/mol. The Morgan fingerprint density at radius 1 is 1.25 bits per heavy atom. The molecule has 32 heavy (non-hydrogen) atoms. The Morgan fingerprint density at radius 3 is 2.66 bits per heavy atom. The average molecular weight is 458 g/mol. The van der Waals surface area contributed by atoms with E-state index in [4.69, 9.17) is 11.6 Å². The zero-order valence-electron chi connectivity index (χ0n) is 18.4. The van der Waals surface area contributed by atoms with Gasteiger partial charge >= 0.3 is 0 Å². The second-order valence-corrected chi connectivity index (χ2v) is 9.03. The van der Waals surface area contributed by atoms with Crippen molar-refractivity contribution in [1.82, 2.24) is 25.3 Å². The third kappa shape index (κ3) is 4.11. The van der Waals surface area contributed by atoms with Gasteiger partial charge in [0.2, 0.25) is 5.91 Å². The first-order chi connectivity index (χ1) is 15.3. The fourth-order valence-corrected chi connectivity index (χ4v) is 4.77. The summed E-state index contributed by atoms with van der Waals surface area (Å²) in [5, 5.41) is 10.8. The van der Waals surface area contributed by atoms with Crippen molar-refractivity contribution in [3.63, 3.8) is 0 Å². The zero-order valence-corrected chi connectivity index (χ0v) is 19.1. The number of likely N-dealkylation sites (N-methyl/N-ethyl adjacent to an activating group) is 1. The molecule has 1 aromatic carbocycles. The van der Waals surface area contributed by atoms with Crippen molar-refractivity contribution >= 4 is 29.3 Å². The molecule has 1 aliphatic carbocycles. The van der Waals surface area contributed by atoms with Crippen molar-refractivity contribution < 1.29 is 14.4 Å². The van der Waals surface area contributed by atoms with Crippen LogP contribution in [-0.2, 0) is 17.9 Å². The van der Waals surface area contributed by atoms with Crippen LogP contribution in [0.5, 0.6) is 0 Å². The number of benzene rings is 1. The average Bonchev–Trinajstić information content (AvgIpc) is 3.43. The van der Waals surface area contributed by atoms with Crippen LogP contribution >= 0.6 is 11.6 Å². The number of nitrogens with zero attached hydrogens (tertiary/aromatic N) is 3. The van der Waals surface area contributed by atoms with E-state index in [1.165, 1.54) is 10.7 Å². The highest BCUT2D eigenvalue weighted by atomic mass is 35.5. The van der Waals surface area contributed by atoms with Crippen molar-refractivity contribution in [2.75, 3.05) is 6.54 Å². The lowest BCUT2D eigenvalue weighted by Crippen LogP contribution is -2.64. The summed E-state index contributed by atoms with van der Waals surface area (Å²) in [5.41, 5.74) is 0.160. The maximum Gasteiger partial charge on any atom is 0.273 e. The van der Waals surface area contributed by atoms with Crippen LogP contribution in [0.15, 0.2) is 30.3 Å². The van der Waals surface area contributed by atoms with E-state index in [2.05, 4.69) is 15.7 Å². The third-order valence-electron chi connectivity index (χ3n) is 6.42. The van der Waals surface area contributed by atoms with Crippen LogP contribution < -0.4 is 10.6 Å². The lowest BCUT2D eigenvalue weighted by atomic mass is 9.94. The van der Waals surface area contributed by atoms with E-state index < -0.39 is 11.4 Å². The summed E-state index contributed by atoms with van der Waals surface area (Å²) in [6, 6.07) is 8.89. The fraction of sp³-hybridized carbons (Fsp3) is 0.478. The van der Waals surface area contributed by atoms with Gasteiger partial charge in [0.25, 0.3) is 11.8 Å². The van der Waals surface area contributed by atoms with Gasteiger partial charge in [-0.2, -0.15) is 5.10 Å². The van der Waals surface area contributed by atoms with E-state index in [1.807, 2.05) is 25.1 Å². The van der Waals surface area contributed by atoms with Crippen LogP contribution in [0, 0.1) is 0 Å². The van der Waals surface area contributed by atoms with Gasteiger partial charge in [0, 0.05) is 30.2 Å². The van der Waals surface area contributed by atoms with E-state index in [0.717, 1.165) is 31.2 Å². The van der Waals surface area contributed by atoms with Crippen molar-refractivity contribution in [2.24, 2.45) is 0 Å². The van der Waals surface area contributed by atoms with E-state index in [-0.39, 0.29) is 36.6 Å². The number of fused-ring (bicyclic) bond motifs is 1. The molecule has 0 spiro atoms. The van der Waals surface area contributed by atoms with Crippen molar-refractivity contribution in [3.05, 3.63) is 52.3 Å². The predicted molar refractivity (Wildman–Crippen MR) is 120 cm³/mol. The van der Waals surface area contributed by atoms with Crippen molar-refractivity contribution in [2.45, 2.75) is 64.2 Å². The maximum absolute atomic E-state index is 13.2. The number of carbonyl (C=O) groups is 3. The first-order valence-corrected chi connectivity index (χ1v) is 11.4. The van der Waals surface area contributed by atoms with Gasteiger partial charge in [-0.15, -0.1) is 0 Å². The molecule has 1 aromatic heterocycles. The maximum atomic E-state index is 13.2. The largest absolute Gasteiger partial charge is 0.351 e. The zero-order chi connectivity index (χ0) is 22.9. The molecule has 2 N–H and O–H groups in total. The molecule has 4 rings (SSSR count). The molecule has 0 unspecified atom stereocenters. The Morgan fingerprint density at radius 2 is 1.97 bits per heavy atom. The lowest BCUT2D eigenvalue weighted by Gasteiger charge is -2.43.